The van der Waals surface area contributed by atoms with Gasteiger partial charge in [0.2, 0.25) is 5.95 Å². The van der Waals surface area contributed by atoms with Crippen LogP contribution in [0.2, 0.25) is 0 Å². The third kappa shape index (κ3) is 2.80. The van der Waals surface area contributed by atoms with Gasteiger partial charge in [-0.15, -0.1) is 0 Å². The van der Waals surface area contributed by atoms with Gasteiger partial charge in [0.05, 0.1) is 5.52 Å². The van der Waals surface area contributed by atoms with Gasteiger partial charge in [0.25, 0.3) is 5.91 Å². The molecule has 3 rings (SSSR count). The molecule has 1 aromatic heterocycles. The number of nitrogens with two attached hydrogens (primary N) is 2. The Morgan fingerprint density at radius 2 is 1.82 bits per heavy atom. The lowest BCUT2D eigenvalue weighted by Crippen LogP contribution is -2.22. The normalized spacial score (nSPS) is 10.5. The molecule has 0 aliphatic heterocycles. The van der Waals surface area contributed by atoms with Crippen molar-refractivity contribution < 1.29 is 4.79 Å². The standard InChI is InChI=1S/C16H15N5O/c17-14-12-7-6-10(8-13(12)20-16(18)21-14)9-19-15(22)11-4-2-1-3-5-11/h1-8H,9H2,(H,19,22)(H4,17,18,20,21). The van der Waals surface area contributed by atoms with Crippen LogP contribution in [0.3, 0.4) is 0 Å². The van der Waals surface area contributed by atoms with E-state index in [-0.39, 0.29) is 11.9 Å². The third-order valence-electron chi connectivity index (χ3n) is 3.30. The van der Waals surface area contributed by atoms with Gasteiger partial charge in [-0.3, -0.25) is 4.79 Å². The summed E-state index contributed by atoms with van der Waals surface area (Å²) in [7, 11) is 0. The van der Waals surface area contributed by atoms with Gasteiger partial charge in [0.15, 0.2) is 0 Å². The largest absolute Gasteiger partial charge is 0.383 e. The number of fused-ring (bicyclic) bond motifs is 1. The molecule has 6 nitrogen and oxygen atoms in total. The lowest BCUT2D eigenvalue weighted by Gasteiger charge is -2.07. The number of aromatic nitrogens is 2. The van der Waals surface area contributed by atoms with E-state index in [0.29, 0.717) is 23.4 Å². The fourth-order valence-electron chi connectivity index (χ4n) is 2.20. The Labute approximate surface area is 127 Å². The van der Waals surface area contributed by atoms with Gasteiger partial charge >= 0.3 is 0 Å². The summed E-state index contributed by atoms with van der Waals surface area (Å²) in [6.45, 7) is 0.396. The van der Waals surface area contributed by atoms with E-state index >= 15 is 0 Å². The number of nitrogen functional groups attached to an aromatic ring is 2. The Bertz CT molecular complexity index is 833. The molecule has 0 bridgehead atoms. The lowest BCUT2D eigenvalue weighted by molar-refractivity contribution is 0.0951. The molecule has 0 spiro atoms. The van der Waals surface area contributed by atoms with Crippen LogP contribution in [0.1, 0.15) is 15.9 Å². The van der Waals surface area contributed by atoms with Gasteiger partial charge in [-0.25, -0.2) is 4.98 Å². The maximum atomic E-state index is 12.0. The van der Waals surface area contributed by atoms with E-state index in [0.717, 1.165) is 10.9 Å². The zero-order valence-corrected chi connectivity index (χ0v) is 11.8. The Morgan fingerprint density at radius 3 is 2.59 bits per heavy atom. The first kappa shape index (κ1) is 13.8. The molecule has 22 heavy (non-hydrogen) atoms. The molecule has 0 aliphatic carbocycles. The van der Waals surface area contributed by atoms with Gasteiger partial charge in [0, 0.05) is 17.5 Å². The fourth-order valence-corrected chi connectivity index (χ4v) is 2.20. The minimum Gasteiger partial charge on any atom is -0.383 e. The molecule has 110 valence electrons. The van der Waals surface area contributed by atoms with Gasteiger partial charge in [-0.1, -0.05) is 24.3 Å². The molecular formula is C16H15N5O. The quantitative estimate of drug-likeness (QED) is 0.681. The number of benzene rings is 2. The van der Waals surface area contributed by atoms with Crippen LogP contribution in [-0.4, -0.2) is 15.9 Å². The molecule has 0 unspecified atom stereocenters. The van der Waals surface area contributed by atoms with E-state index < -0.39 is 0 Å². The molecule has 0 fully saturated rings. The monoisotopic (exact) mass is 293 g/mol. The smallest absolute Gasteiger partial charge is 0.251 e. The van der Waals surface area contributed by atoms with Crippen LogP contribution in [-0.2, 0) is 6.54 Å². The molecule has 0 atom stereocenters. The number of carbonyl (C=O) groups is 1. The average Bonchev–Trinajstić information content (AvgIpc) is 2.53. The third-order valence-corrected chi connectivity index (χ3v) is 3.30. The van der Waals surface area contributed by atoms with Crippen molar-refractivity contribution in [2.24, 2.45) is 0 Å². The van der Waals surface area contributed by atoms with Crippen molar-refractivity contribution in [3.8, 4) is 0 Å². The molecule has 5 N–H and O–H groups in total. The second kappa shape index (κ2) is 5.69. The van der Waals surface area contributed by atoms with Gasteiger partial charge < -0.3 is 16.8 Å². The number of carbonyl (C=O) groups excluding carboxylic acids is 1. The Morgan fingerprint density at radius 1 is 1.05 bits per heavy atom. The van der Waals surface area contributed by atoms with Crippen molar-refractivity contribution in [3.05, 3.63) is 59.7 Å². The van der Waals surface area contributed by atoms with Crippen molar-refractivity contribution >= 4 is 28.6 Å². The van der Waals surface area contributed by atoms with Gasteiger partial charge in [-0.2, -0.15) is 4.98 Å². The summed E-state index contributed by atoms with van der Waals surface area (Å²) in [5, 5.41) is 3.61. The first-order valence-corrected chi connectivity index (χ1v) is 6.78. The molecule has 0 saturated carbocycles. The van der Waals surface area contributed by atoms with Crippen LogP contribution in [0.25, 0.3) is 10.9 Å². The van der Waals surface area contributed by atoms with E-state index in [4.69, 9.17) is 11.5 Å². The van der Waals surface area contributed by atoms with Crippen molar-refractivity contribution in [1.82, 2.24) is 15.3 Å². The van der Waals surface area contributed by atoms with Crippen LogP contribution >= 0.6 is 0 Å². The Balaban J connectivity index is 1.78. The van der Waals surface area contributed by atoms with Crippen LogP contribution in [0.15, 0.2) is 48.5 Å². The highest BCUT2D eigenvalue weighted by atomic mass is 16.1. The fraction of sp³-hybridized carbons (Fsp3) is 0.0625. The van der Waals surface area contributed by atoms with Gasteiger partial charge in [0.1, 0.15) is 5.82 Å². The van der Waals surface area contributed by atoms with Crippen LogP contribution in [0, 0.1) is 0 Å². The molecule has 0 aliphatic rings. The highest BCUT2D eigenvalue weighted by molar-refractivity contribution is 5.94. The SMILES string of the molecule is Nc1nc(N)c2ccc(CNC(=O)c3ccccc3)cc2n1. The predicted octanol–water partition coefficient (Wildman–Crippen LogP) is 1.72. The second-order valence-corrected chi connectivity index (χ2v) is 4.87. The first-order chi connectivity index (χ1) is 10.6. The number of hydrogen-bond acceptors (Lipinski definition) is 5. The Kier molecular flexibility index (Phi) is 3.57. The molecule has 0 saturated heterocycles. The summed E-state index contributed by atoms with van der Waals surface area (Å²) in [5.74, 6) is 0.361. The van der Waals surface area contributed by atoms with E-state index in [1.54, 1.807) is 12.1 Å². The number of nitrogens with zero attached hydrogens (tertiary/aromatic N) is 2. The zero-order valence-electron chi connectivity index (χ0n) is 11.8. The Hall–Kier alpha value is -3.15. The number of nitrogens with one attached hydrogen (secondary N) is 1. The molecule has 1 heterocycles. The number of hydrogen-bond donors (Lipinski definition) is 3. The molecule has 3 aromatic rings. The van der Waals surface area contributed by atoms with Crippen LogP contribution in [0.5, 0.6) is 0 Å². The summed E-state index contributed by atoms with van der Waals surface area (Å²) in [5.41, 5.74) is 13.6. The summed E-state index contributed by atoms with van der Waals surface area (Å²) in [6, 6.07) is 14.6. The number of amides is 1. The maximum Gasteiger partial charge on any atom is 0.251 e. The summed E-state index contributed by atoms with van der Waals surface area (Å²) in [6.07, 6.45) is 0. The predicted molar refractivity (Wildman–Crippen MR) is 86.0 cm³/mol. The van der Waals surface area contributed by atoms with Crippen LogP contribution in [0.4, 0.5) is 11.8 Å². The maximum absolute atomic E-state index is 12.0. The molecule has 1 amide bonds. The number of anilines is 2. The highest BCUT2D eigenvalue weighted by Crippen LogP contribution is 2.19. The summed E-state index contributed by atoms with van der Waals surface area (Å²) >= 11 is 0. The summed E-state index contributed by atoms with van der Waals surface area (Å²) in [4.78, 5) is 20.1. The zero-order chi connectivity index (χ0) is 15.5. The van der Waals surface area contributed by atoms with E-state index in [2.05, 4.69) is 15.3 Å². The topological polar surface area (TPSA) is 107 Å². The van der Waals surface area contributed by atoms with Crippen molar-refractivity contribution in [2.45, 2.75) is 6.54 Å². The molecular weight excluding hydrogens is 278 g/mol. The first-order valence-electron chi connectivity index (χ1n) is 6.78. The minimum absolute atomic E-state index is 0.123. The lowest BCUT2D eigenvalue weighted by atomic mass is 10.1. The van der Waals surface area contributed by atoms with Crippen molar-refractivity contribution in [1.29, 1.82) is 0 Å². The minimum atomic E-state index is -0.123. The molecule has 2 aromatic carbocycles. The summed E-state index contributed by atoms with van der Waals surface area (Å²) < 4.78 is 0. The highest BCUT2D eigenvalue weighted by Gasteiger charge is 2.07. The van der Waals surface area contributed by atoms with E-state index in [1.807, 2.05) is 36.4 Å². The second-order valence-electron chi connectivity index (χ2n) is 4.87. The molecule has 0 radical (unpaired) electrons. The van der Waals surface area contributed by atoms with E-state index in [9.17, 15) is 4.79 Å². The molecule has 6 heteroatoms. The average molecular weight is 293 g/mol. The van der Waals surface area contributed by atoms with Crippen molar-refractivity contribution in [3.63, 3.8) is 0 Å². The van der Waals surface area contributed by atoms with Crippen molar-refractivity contribution in [2.75, 3.05) is 11.5 Å². The van der Waals surface area contributed by atoms with E-state index in [1.165, 1.54) is 0 Å². The number of rotatable bonds is 3. The van der Waals surface area contributed by atoms with Crippen LogP contribution < -0.4 is 16.8 Å². The van der Waals surface area contributed by atoms with Gasteiger partial charge in [-0.05, 0) is 29.8 Å².